The van der Waals surface area contributed by atoms with E-state index in [1.165, 1.54) is 34.5 Å². The van der Waals surface area contributed by atoms with Crippen molar-refractivity contribution in [3.05, 3.63) is 83.4 Å². The van der Waals surface area contributed by atoms with Gasteiger partial charge in [0.2, 0.25) is 0 Å². The zero-order chi connectivity index (χ0) is 23.8. The first-order valence-corrected chi connectivity index (χ1v) is 9.97. The van der Waals surface area contributed by atoms with E-state index in [1.807, 2.05) is 0 Å². The Morgan fingerprint density at radius 1 is 0.697 bits per heavy atom. The SMILES string of the molecule is COc1ccc(OC)c(C(=O)/C=C/c2cccc(OC(=O)c3ccc(OC)c(OC)c3)c2)c1. The third-order valence-corrected chi connectivity index (χ3v) is 4.79. The van der Waals surface area contributed by atoms with Crippen molar-refractivity contribution >= 4 is 17.8 Å². The lowest BCUT2D eigenvalue weighted by Gasteiger charge is -2.10. The molecule has 33 heavy (non-hydrogen) atoms. The molecule has 0 aliphatic rings. The van der Waals surface area contributed by atoms with E-state index in [0.717, 1.165) is 0 Å². The predicted octanol–water partition coefficient (Wildman–Crippen LogP) is 4.84. The Balaban J connectivity index is 1.75. The monoisotopic (exact) mass is 448 g/mol. The average Bonchev–Trinajstić information content (AvgIpc) is 2.86. The first kappa shape index (κ1) is 23.4. The Morgan fingerprint density at radius 3 is 2.12 bits per heavy atom. The number of hydrogen-bond acceptors (Lipinski definition) is 7. The molecule has 0 fully saturated rings. The molecule has 3 rings (SSSR count). The number of esters is 1. The number of carbonyl (C=O) groups excluding carboxylic acids is 2. The molecule has 7 nitrogen and oxygen atoms in total. The van der Waals surface area contributed by atoms with Gasteiger partial charge in [0.05, 0.1) is 39.6 Å². The van der Waals surface area contributed by atoms with Crippen molar-refractivity contribution in [3.63, 3.8) is 0 Å². The number of benzene rings is 3. The first-order chi connectivity index (χ1) is 16.0. The number of ketones is 1. The number of ether oxygens (including phenoxy) is 5. The second kappa shape index (κ2) is 10.9. The Morgan fingerprint density at radius 2 is 1.42 bits per heavy atom. The Hall–Kier alpha value is -4.26. The van der Waals surface area contributed by atoms with Crippen LogP contribution in [0, 0.1) is 0 Å². The Bertz CT molecular complexity index is 1180. The van der Waals surface area contributed by atoms with Gasteiger partial charge in [-0.25, -0.2) is 4.79 Å². The summed E-state index contributed by atoms with van der Waals surface area (Å²) < 4.78 is 26.4. The summed E-state index contributed by atoms with van der Waals surface area (Å²) in [6.07, 6.45) is 3.06. The predicted molar refractivity (Wildman–Crippen MR) is 124 cm³/mol. The highest BCUT2D eigenvalue weighted by Gasteiger charge is 2.14. The molecule has 0 aliphatic heterocycles. The standard InChI is InChI=1S/C26H24O7/c1-29-19-10-13-23(30-2)21(16-19)22(27)11-8-17-6-5-7-20(14-17)33-26(28)18-9-12-24(31-3)25(15-18)32-4/h5-16H,1-4H3/b11-8+. The lowest BCUT2D eigenvalue weighted by molar-refractivity contribution is 0.0734. The molecule has 0 spiro atoms. The molecule has 3 aromatic carbocycles. The minimum Gasteiger partial charge on any atom is -0.497 e. The summed E-state index contributed by atoms with van der Waals surface area (Å²) >= 11 is 0. The van der Waals surface area contributed by atoms with E-state index in [0.29, 0.717) is 45.4 Å². The maximum Gasteiger partial charge on any atom is 0.343 e. The number of carbonyl (C=O) groups is 2. The maximum absolute atomic E-state index is 12.7. The van der Waals surface area contributed by atoms with Crippen LogP contribution in [0.1, 0.15) is 26.3 Å². The van der Waals surface area contributed by atoms with Crippen LogP contribution in [-0.4, -0.2) is 40.2 Å². The molecule has 0 unspecified atom stereocenters. The van der Waals surface area contributed by atoms with Crippen LogP contribution in [0.15, 0.2) is 66.7 Å². The summed E-state index contributed by atoms with van der Waals surface area (Å²) in [4.78, 5) is 25.3. The van der Waals surface area contributed by atoms with E-state index in [4.69, 9.17) is 23.7 Å². The summed E-state index contributed by atoms with van der Waals surface area (Å²) in [5, 5.41) is 0. The van der Waals surface area contributed by atoms with Gasteiger partial charge in [-0.15, -0.1) is 0 Å². The Kier molecular flexibility index (Phi) is 7.70. The lowest BCUT2D eigenvalue weighted by Crippen LogP contribution is -2.09. The molecule has 170 valence electrons. The van der Waals surface area contributed by atoms with Crippen LogP contribution in [0.4, 0.5) is 0 Å². The van der Waals surface area contributed by atoms with Gasteiger partial charge in [0.25, 0.3) is 0 Å². The van der Waals surface area contributed by atoms with Gasteiger partial charge in [0.15, 0.2) is 17.3 Å². The van der Waals surface area contributed by atoms with Crippen molar-refractivity contribution < 1.29 is 33.3 Å². The fourth-order valence-electron chi connectivity index (χ4n) is 3.08. The second-order valence-corrected chi connectivity index (χ2v) is 6.80. The fraction of sp³-hybridized carbons (Fsp3) is 0.154. The van der Waals surface area contributed by atoms with Crippen LogP contribution in [0.3, 0.4) is 0 Å². The molecule has 3 aromatic rings. The smallest absolute Gasteiger partial charge is 0.343 e. The normalized spacial score (nSPS) is 10.5. The van der Waals surface area contributed by atoms with Gasteiger partial charge in [-0.2, -0.15) is 0 Å². The summed E-state index contributed by atoms with van der Waals surface area (Å²) in [6.45, 7) is 0. The van der Waals surface area contributed by atoms with Crippen LogP contribution in [0.25, 0.3) is 6.08 Å². The largest absolute Gasteiger partial charge is 0.497 e. The zero-order valence-electron chi connectivity index (χ0n) is 18.8. The van der Waals surface area contributed by atoms with E-state index in [2.05, 4.69) is 0 Å². The summed E-state index contributed by atoms with van der Waals surface area (Å²) in [6, 6.07) is 16.6. The molecule has 0 aromatic heterocycles. The minimum atomic E-state index is -0.547. The maximum atomic E-state index is 12.7. The molecule has 0 atom stereocenters. The highest BCUT2D eigenvalue weighted by atomic mass is 16.5. The molecular formula is C26H24O7. The minimum absolute atomic E-state index is 0.251. The molecule has 0 saturated heterocycles. The molecule has 0 heterocycles. The van der Waals surface area contributed by atoms with Crippen LogP contribution < -0.4 is 23.7 Å². The average molecular weight is 448 g/mol. The van der Waals surface area contributed by atoms with Crippen molar-refractivity contribution in [2.24, 2.45) is 0 Å². The van der Waals surface area contributed by atoms with Gasteiger partial charge in [-0.05, 0) is 60.2 Å². The molecule has 0 N–H and O–H groups in total. The third kappa shape index (κ3) is 5.71. The number of rotatable bonds is 9. The quantitative estimate of drug-likeness (QED) is 0.201. The van der Waals surface area contributed by atoms with Crippen LogP contribution in [0.5, 0.6) is 28.7 Å². The van der Waals surface area contributed by atoms with E-state index in [1.54, 1.807) is 66.7 Å². The van der Waals surface area contributed by atoms with E-state index in [9.17, 15) is 9.59 Å². The van der Waals surface area contributed by atoms with Gasteiger partial charge < -0.3 is 23.7 Å². The lowest BCUT2D eigenvalue weighted by atomic mass is 10.1. The number of methoxy groups -OCH3 is 4. The third-order valence-electron chi connectivity index (χ3n) is 4.79. The topological polar surface area (TPSA) is 80.3 Å². The molecule has 0 radical (unpaired) electrons. The van der Waals surface area contributed by atoms with Crippen molar-refractivity contribution in [3.8, 4) is 28.7 Å². The molecule has 0 saturated carbocycles. The number of allylic oxidation sites excluding steroid dienone is 1. The van der Waals surface area contributed by atoms with Crippen LogP contribution >= 0.6 is 0 Å². The van der Waals surface area contributed by atoms with Gasteiger partial charge in [-0.1, -0.05) is 18.2 Å². The zero-order valence-corrected chi connectivity index (χ0v) is 18.8. The van der Waals surface area contributed by atoms with Crippen LogP contribution in [-0.2, 0) is 0 Å². The Labute approximate surface area is 192 Å². The molecule has 7 heteroatoms. The van der Waals surface area contributed by atoms with E-state index in [-0.39, 0.29) is 5.78 Å². The summed E-state index contributed by atoms with van der Waals surface area (Å²) in [7, 11) is 6.04. The van der Waals surface area contributed by atoms with Gasteiger partial charge >= 0.3 is 5.97 Å². The van der Waals surface area contributed by atoms with Crippen molar-refractivity contribution in [1.82, 2.24) is 0 Å². The van der Waals surface area contributed by atoms with E-state index < -0.39 is 5.97 Å². The summed E-state index contributed by atoms with van der Waals surface area (Å²) in [5.74, 6) is 1.48. The second-order valence-electron chi connectivity index (χ2n) is 6.80. The van der Waals surface area contributed by atoms with E-state index >= 15 is 0 Å². The first-order valence-electron chi connectivity index (χ1n) is 9.97. The van der Waals surface area contributed by atoms with Crippen molar-refractivity contribution in [2.75, 3.05) is 28.4 Å². The van der Waals surface area contributed by atoms with Gasteiger partial charge in [0.1, 0.15) is 17.2 Å². The van der Waals surface area contributed by atoms with Crippen LogP contribution in [0.2, 0.25) is 0 Å². The highest BCUT2D eigenvalue weighted by Crippen LogP contribution is 2.28. The molecule has 0 bridgehead atoms. The molecular weight excluding hydrogens is 424 g/mol. The van der Waals surface area contributed by atoms with Gasteiger partial charge in [0, 0.05) is 0 Å². The van der Waals surface area contributed by atoms with Gasteiger partial charge in [-0.3, -0.25) is 4.79 Å². The van der Waals surface area contributed by atoms with Crippen molar-refractivity contribution in [2.45, 2.75) is 0 Å². The van der Waals surface area contributed by atoms with Crippen molar-refractivity contribution in [1.29, 1.82) is 0 Å². The highest BCUT2D eigenvalue weighted by molar-refractivity contribution is 6.09. The molecule has 0 aliphatic carbocycles. The fourth-order valence-corrected chi connectivity index (χ4v) is 3.08. The molecule has 0 amide bonds. The summed E-state index contributed by atoms with van der Waals surface area (Å²) in [5.41, 5.74) is 1.38. The number of hydrogen-bond donors (Lipinski definition) is 0.